The fraction of sp³-hybridized carbons (Fsp3) is 0.292. The Morgan fingerprint density at radius 1 is 0.912 bits per heavy atom. The van der Waals surface area contributed by atoms with E-state index in [2.05, 4.69) is 0 Å². The van der Waals surface area contributed by atoms with E-state index in [0.29, 0.717) is 11.6 Å². The minimum atomic E-state index is -3.99. The van der Waals surface area contributed by atoms with Crippen molar-refractivity contribution in [1.82, 2.24) is 13.8 Å². The summed E-state index contributed by atoms with van der Waals surface area (Å²) in [4.78, 5) is 14.6. The smallest absolute Gasteiger partial charge is 0.255 e. The molecule has 1 aromatic heterocycles. The van der Waals surface area contributed by atoms with Gasteiger partial charge in [0.25, 0.3) is 5.91 Å². The number of halogens is 2. The number of aryl methyl sites for hydroxylation is 1. The molecule has 0 aliphatic carbocycles. The topological polar surface area (TPSA) is 71.8 Å². The van der Waals surface area contributed by atoms with Crippen LogP contribution in [-0.4, -0.2) is 61.4 Å². The lowest BCUT2D eigenvalue weighted by Crippen LogP contribution is -2.50. The van der Waals surface area contributed by atoms with E-state index in [1.807, 2.05) is 48.7 Å². The number of carbonyl (C=O) groups is 1. The third kappa shape index (κ3) is 4.30. The van der Waals surface area contributed by atoms with Gasteiger partial charge >= 0.3 is 0 Å². The van der Waals surface area contributed by atoms with Crippen molar-refractivity contribution < 1.29 is 26.7 Å². The first-order chi connectivity index (χ1) is 16.1. The molecule has 7 nitrogen and oxygen atoms in total. The molecule has 1 saturated heterocycles. The Balaban J connectivity index is 1.50. The quantitative estimate of drug-likeness (QED) is 0.550. The first-order valence-corrected chi connectivity index (χ1v) is 12.2. The molecule has 1 aliphatic rings. The maximum absolute atomic E-state index is 13.5. The number of sulfonamides is 1. The van der Waals surface area contributed by atoms with Gasteiger partial charge in [-0.05, 0) is 62.4 Å². The van der Waals surface area contributed by atoms with Crippen LogP contribution in [0.2, 0.25) is 0 Å². The number of hydrogen-bond acceptors (Lipinski definition) is 4. The second-order valence-electron chi connectivity index (χ2n) is 8.09. The first-order valence-electron chi connectivity index (χ1n) is 10.7. The van der Waals surface area contributed by atoms with Crippen molar-refractivity contribution in [3.63, 3.8) is 0 Å². The number of rotatable bonds is 5. The van der Waals surface area contributed by atoms with Crippen LogP contribution >= 0.6 is 0 Å². The number of methoxy groups -OCH3 is 1. The summed E-state index contributed by atoms with van der Waals surface area (Å²) in [7, 11) is -2.40. The van der Waals surface area contributed by atoms with E-state index in [0.717, 1.165) is 35.0 Å². The van der Waals surface area contributed by atoms with Crippen LogP contribution in [0, 0.1) is 25.5 Å². The minimum absolute atomic E-state index is 0.0598. The van der Waals surface area contributed by atoms with Crippen molar-refractivity contribution in [1.29, 1.82) is 0 Å². The molecule has 0 atom stereocenters. The highest BCUT2D eigenvalue weighted by Crippen LogP contribution is 2.25. The summed E-state index contributed by atoms with van der Waals surface area (Å²) in [6.07, 6.45) is 0. The summed E-state index contributed by atoms with van der Waals surface area (Å²) >= 11 is 0. The van der Waals surface area contributed by atoms with Crippen LogP contribution in [0.5, 0.6) is 5.75 Å². The van der Waals surface area contributed by atoms with E-state index in [1.54, 1.807) is 12.0 Å². The van der Waals surface area contributed by atoms with Crippen molar-refractivity contribution in [2.75, 3.05) is 33.3 Å². The lowest BCUT2D eigenvalue weighted by Gasteiger charge is -2.34. The van der Waals surface area contributed by atoms with Gasteiger partial charge in [-0.25, -0.2) is 17.2 Å². The summed E-state index contributed by atoms with van der Waals surface area (Å²) in [5.74, 6) is -1.78. The summed E-state index contributed by atoms with van der Waals surface area (Å²) in [6, 6.07) is 11.9. The maximum Gasteiger partial charge on any atom is 0.255 e. The molecular weight excluding hydrogens is 464 g/mol. The van der Waals surface area contributed by atoms with E-state index in [1.165, 1.54) is 4.31 Å². The fourth-order valence-electron chi connectivity index (χ4n) is 4.20. The highest BCUT2D eigenvalue weighted by Gasteiger charge is 2.32. The van der Waals surface area contributed by atoms with Gasteiger partial charge in [-0.2, -0.15) is 4.31 Å². The van der Waals surface area contributed by atoms with Gasteiger partial charge < -0.3 is 14.2 Å². The normalized spacial score (nSPS) is 14.9. The van der Waals surface area contributed by atoms with Gasteiger partial charge in [0.2, 0.25) is 10.0 Å². The van der Waals surface area contributed by atoms with Crippen LogP contribution < -0.4 is 4.74 Å². The summed E-state index contributed by atoms with van der Waals surface area (Å²) in [5, 5.41) is 0. The molecule has 1 amide bonds. The number of carbonyl (C=O) groups excluding carboxylic acids is 1. The molecule has 0 spiro atoms. The molecule has 10 heteroatoms. The Morgan fingerprint density at radius 3 is 2.15 bits per heavy atom. The molecule has 1 fully saturated rings. The van der Waals surface area contributed by atoms with Crippen LogP contribution in [0.1, 0.15) is 21.7 Å². The van der Waals surface area contributed by atoms with Gasteiger partial charge in [-0.3, -0.25) is 4.79 Å². The lowest BCUT2D eigenvalue weighted by atomic mass is 10.2. The molecular formula is C24H25F2N3O4S. The number of amides is 1. The van der Waals surface area contributed by atoms with Gasteiger partial charge in [0, 0.05) is 43.3 Å². The maximum atomic E-state index is 13.5. The van der Waals surface area contributed by atoms with Crippen molar-refractivity contribution >= 4 is 15.9 Å². The third-order valence-electron chi connectivity index (χ3n) is 6.05. The van der Waals surface area contributed by atoms with E-state index < -0.39 is 21.7 Å². The molecule has 0 N–H and O–H groups in total. The fourth-order valence-corrected chi connectivity index (χ4v) is 5.63. The molecule has 2 heterocycles. The van der Waals surface area contributed by atoms with Crippen LogP contribution in [-0.2, 0) is 10.0 Å². The Labute approximate surface area is 197 Å². The Morgan fingerprint density at radius 2 is 1.56 bits per heavy atom. The van der Waals surface area contributed by atoms with Gasteiger partial charge in [0.1, 0.15) is 5.75 Å². The van der Waals surface area contributed by atoms with Crippen LogP contribution in [0.25, 0.3) is 5.69 Å². The van der Waals surface area contributed by atoms with Gasteiger partial charge in [0.15, 0.2) is 11.6 Å². The number of nitrogens with zero attached hydrogens (tertiary/aromatic N) is 3. The average Bonchev–Trinajstić information content (AvgIpc) is 3.14. The van der Waals surface area contributed by atoms with E-state index in [9.17, 15) is 22.0 Å². The van der Waals surface area contributed by atoms with E-state index >= 15 is 0 Å². The first kappa shape index (κ1) is 23.9. The highest BCUT2D eigenvalue weighted by molar-refractivity contribution is 7.89. The van der Waals surface area contributed by atoms with Crippen LogP contribution in [0.15, 0.2) is 53.4 Å². The third-order valence-corrected chi connectivity index (χ3v) is 7.94. The monoisotopic (exact) mass is 489 g/mol. The second kappa shape index (κ2) is 9.19. The molecule has 4 rings (SSSR count). The zero-order valence-electron chi connectivity index (χ0n) is 19.1. The Bertz CT molecular complexity index is 1330. The predicted octanol–water partition coefficient (Wildman–Crippen LogP) is 3.53. The highest BCUT2D eigenvalue weighted by atomic mass is 32.2. The number of piperazine rings is 1. The molecule has 34 heavy (non-hydrogen) atoms. The molecule has 0 saturated carbocycles. The van der Waals surface area contributed by atoms with Crippen molar-refractivity contribution in [2.45, 2.75) is 18.7 Å². The molecule has 2 aromatic carbocycles. The summed E-state index contributed by atoms with van der Waals surface area (Å²) in [5.41, 5.74) is 3.12. The molecule has 0 radical (unpaired) electrons. The van der Waals surface area contributed by atoms with Gasteiger partial charge in [0.05, 0.1) is 17.6 Å². The number of aromatic nitrogens is 1. The second-order valence-corrected chi connectivity index (χ2v) is 10.0. The lowest BCUT2D eigenvalue weighted by molar-refractivity contribution is 0.0697. The SMILES string of the molecule is COc1ccc(-n2c(C)cc(C(=O)N3CCN(S(=O)(=O)c4ccc(F)c(F)c4)CC3)c2C)cc1. The van der Waals surface area contributed by atoms with E-state index in [-0.39, 0.29) is 37.0 Å². The minimum Gasteiger partial charge on any atom is -0.497 e. The average molecular weight is 490 g/mol. The zero-order valence-corrected chi connectivity index (χ0v) is 19.9. The van der Waals surface area contributed by atoms with E-state index in [4.69, 9.17) is 4.74 Å². The van der Waals surface area contributed by atoms with Crippen molar-refractivity contribution in [3.05, 3.63) is 77.1 Å². The number of benzene rings is 2. The number of hydrogen-bond donors (Lipinski definition) is 0. The Hall–Kier alpha value is -3.24. The predicted molar refractivity (Wildman–Crippen MR) is 123 cm³/mol. The molecule has 3 aromatic rings. The summed E-state index contributed by atoms with van der Waals surface area (Å²) < 4.78 is 60.8. The summed E-state index contributed by atoms with van der Waals surface area (Å²) in [6.45, 7) is 4.28. The van der Waals surface area contributed by atoms with Crippen molar-refractivity contribution in [2.24, 2.45) is 0 Å². The molecule has 0 bridgehead atoms. The van der Waals surface area contributed by atoms with Crippen LogP contribution in [0.3, 0.4) is 0 Å². The number of ether oxygens (including phenoxy) is 1. The van der Waals surface area contributed by atoms with Gasteiger partial charge in [-0.1, -0.05) is 0 Å². The standard InChI is InChI=1S/C24H25F2N3O4S/c1-16-14-21(17(2)29(16)18-4-6-19(33-3)7-5-18)24(30)27-10-12-28(13-11-27)34(31,32)20-8-9-22(25)23(26)15-20/h4-9,14-15H,10-13H2,1-3H3. The Kier molecular flexibility index (Phi) is 6.46. The largest absolute Gasteiger partial charge is 0.497 e. The molecule has 1 aliphatic heterocycles. The van der Waals surface area contributed by atoms with Crippen LogP contribution in [0.4, 0.5) is 8.78 Å². The zero-order chi connectivity index (χ0) is 24.6. The molecule has 0 unspecified atom stereocenters. The molecule has 180 valence electrons. The van der Waals surface area contributed by atoms with Crippen molar-refractivity contribution in [3.8, 4) is 11.4 Å². The van der Waals surface area contributed by atoms with Gasteiger partial charge in [-0.15, -0.1) is 0 Å².